The van der Waals surface area contributed by atoms with Gasteiger partial charge in [0.25, 0.3) is 0 Å². The first kappa shape index (κ1) is 17.3. The number of hydrogen-bond donors (Lipinski definition) is 1. The first-order chi connectivity index (χ1) is 13.1. The highest BCUT2D eigenvalue weighted by Gasteiger charge is 2.12. The third-order valence-corrected chi connectivity index (χ3v) is 4.66. The Morgan fingerprint density at radius 1 is 1.11 bits per heavy atom. The minimum absolute atomic E-state index is 0.0905. The number of benzene rings is 3. The predicted molar refractivity (Wildman–Crippen MR) is 109 cm³/mol. The number of phenolic OH excluding ortho intramolecular Hbond substituents is 1. The molecule has 4 aromatic rings. The van der Waals surface area contributed by atoms with Gasteiger partial charge >= 0.3 is 0 Å². The fraction of sp³-hybridized carbons (Fsp3) is 0.0476. The highest BCUT2D eigenvalue weighted by atomic mass is 79.9. The van der Waals surface area contributed by atoms with Crippen LogP contribution >= 0.6 is 15.9 Å². The highest BCUT2D eigenvalue weighted by molar-refractivity contribution is 9.10. The van der Waals surface area contributed by atoms with E-state index in [2.05, 4.69) is 25.9 Å². The Balaban J connectivity index is 1.67. The van der Waals surface area contributed by atoms with Crippen LogP contribution in [-0.4, -0.2) is 23.4 Å². The number of hydrogen-bond acceptors (Lipinski definition) is 5. The van der Waals surface area contributed by atoms with Crippen molar-refractivity contribution in [3.05, 3.63) is 70.7 Å². The molecule has 1 aromatic heterocycles. The second kappa shape index (κ2) is 7.25. The number of aromatic hydroxyl groups is 1. The number of oxazole rings is 1. The van der Waals surface area contributed by atoms with Gasteiger partial charge in [-0.3, -0.25) is 4.99 Å². The molecule has 0 spiro atoms. The van der Waals surface area contributed by atoms with Gasteiger partial charge in [-0.15, -0.1) is 0 Å². The van der Waals surface area contributed by atoms with Crippen molar-refractivity contribution in [2.45, 2.75) is 0 Å². The van der Waals surface area contributed by atoms with E-state index in [1.807, 2.05) is 42.5 Å². The Morgan fingerprint density at radius 3 is 2.74 bits per heavy atom. The standard InChI is InChI=1S/C21H15BrN2O3/c1-26-19-9-6-13(10-16(19)22)12-23-14-7-8-18(25)15(11-14)21-24-17-4-2-3-5-20(17)27-21/h2-12,25H,1H3. The minimum atomic E-state index is 0.0905. The molecule has 0 radical (unpaired) electrons. The zero-order valence-corrected chi connectivity index (χ0v) is 16.0. The molecule has 0 saturated carbocycles. The SMILES string of the molecule is COc1ccc(C=Nc2ccc(O)c(-c3nc4ccccc4o3)c2)cc1Br. The lowest BCUT2D eigenvalue weighted by atomic mass is 10.1. The Morgan fingerprint density at radius 2 is 1.96 bits per heavy atom. The number of aliphatic imine (C=N–C) groups is 1. The summed E-state index contributed by atoms with van der Waals surface area (Å²) in [4.78, 5) is 8.92. The lowest BCUT2D eigenvalue weighted by molar-refractivity contribution is 0.412. The molecule has 0 unspecified atom stereocenters. The average molecular weight is 423 g/mol. The second-order valence-electron chi connectivity index (χ2n) is 5.84. The van der Waals surface area contributed by atoms with Crippen LogP contribution in [0, 0.1) is 0 Å². The van der Waals surface area contributed by atoms with Crippen molar-refractivity contribution in [1.82, 2.24) is 4.98 Å². The van der Waals surface area contributed by atoms with Gasteiger partial charge in [0.1, 0.15) is 17.0 Å². The monoisotopic (exact) mass is 422 g/mol. The zero-order valence-electron chi connectivity index (χ0n) is 14.4. The summed E-state index contributed by atoms with van der Waals surface area (Å²) in [5.41, 5.74) is 3.50. The summed E-state index contributed by atoms with van der Waals surface area (Å²) in [6.07, 6.45) is 1.74. The van der Waals surface area contributed by atoms with Crippen molar-refractivity contribution in [1.29, 1.82) is 0 Å². The molecule has 0 aliphatic rings. The van der Waals surface area contributed by atoms with Crippen LogP contribution in [0.3, 0.4) is 0 Å². The lowest BCUT2D eigenvalue weighted by Crippen LogP contribution is -1.87. The van der Waals surface area contributed by atoms with Gasteiger partial charge in [-0.25, -0.2) is 4.98 Å². The van der Waals surface area contributed by atoms with Crippen LogP contribution in [0.5, 0.6) is 11.5 Å². The van der Waals surface area contributed by atoms with E-state index < -0.39 is 0 Å². The summed E-state index contributed by atoms with van der Waals surface area (Å²) < 4.78 is 11.8. The number of aromatic nitrogens is 1. The van der Waals surface area contributed by atoms with Crippen LogP contribution in [0.15, 0.2) is 74.5 Å². The molecule has 6 heteroatoms. The molecule has 3 aromatic carbocycles. The summed E-state index contributed by atoms with van der Waals surface area (Å²) in [5.74, 6) is 1.21. The maximum Gasteiger partial charge on any atom is 0.231 e. The van der Waals surface area contributed by atoms with Gasteiger partial charge in [0.15, 0.2) is 5.58 Å². The molecule has 0 atom stereocenters. The van der Waals surface area contributed by atoms with Crippen molar-refractivity contribution < 1.29 is 14.3 Å². The molecule has 0 bridgehead atoms. The van der Waals surface area contributed by atoms with Crippen molar-refractivity contribution >= 4 is 38.9 Å². The summed E-state index contributed by atoms with van der Waals surface area (Å²) in [6.45, 7) is 0. The summed E-state index contributed by atoms with van der Waals surface area (Å²) in [5, 5.41) is 10.2. The van der Waals surface area contributed by atoms with E-state index in [0.717, 1.165) is 21.3 Å². The van der Waals surface area contributed by atoms with Crippen molar-refractivity contribution in [3.8, 4) is 23.0 Å². The van der Waals surface area contributed by atoms with Crippen molar-refractivity contribution in [3.63, 3.8) is 0 Å². The lowest BCUT2D eigenvalue weighted by Gasteiger charge is -2.04. The maximum atomic E-state index is 10.2. The molecule has 1 N–H and O–H groups in total. The summed E-state index contributed by atoms with van der Waals surface area (Å²) >= 11 is 3.46. The number of nitrogens with zero attached hydrogens (tertiary/aromatic N) is 2. The molecule has 4 rings (SSSR count). The van der Waals surface area contributed by atoms with Crippen LogP contribution in [0.1, 0.15) is 5.56 Å². The fourth-order valence-corrected chi connectivity index (χ4v) is 3.23. The van der Waals surface area contributed by atoms with E-state index in [1.165, 1.54) is 0 Å². The van der Waals surface area contributed by atoms with E-state index in [9.17, 15) is 5.11 Å². The molecule has 134 valence electrons. The van der Waals surface area contributed by atoms with E-state index in [1.54, 1.807) is 31.5 Å². The van der Waals surface area contributed by atoms with Gasteiger partial charge in [0.2, 0.25) is 5.89 Å². The van der Waals surface area contributed by atoms with Gasteiger partial charge in [0.05, 0.1) is 22.8 Å². The quantitative estimate of drug-likeness (QED) is 0.426. The minimum Gasteiger partial charge on any atom is -0.507 e. The predicted octanol–water partition coefficient (Wildman–Crippen LogP) is 5.72. The molecular formula is C21H15BrN2O3. The number of methoxy groups -OCH3 is 1. The summed E-state index contributed by atoms with van der Waals surface area (Å²) in [7, 11) is 1.62. The molecule has 0 aliphatic heterocycles. The number of ether oxygens (including phenoxy) is 1. The Kier molecular flexibility index (Phi) is 4.64. The summed E-state index contributed by atoms with van der Waals surface area (Å²) in [6, 6.07) is 18.2. The molecule has 0 aliphatic carbocycles. The number of fused-ring (bicyclic) bond motifs is 1. The Bertz CT molecular complexity index is 1120. The van der Waals surface area contributed by atoms with Gasteiger partial charge in [0, 0.05) is 6.21 Å². The normalized spacial score (nSPS) is 11.3. The van der Waals surface area contributed by atoms with E-state index in [-0.39, 0.29) is 5.75 Å². The fourth-order valence-electron chi connectivity index (χ4n) is 2.68. The van der Waals surface area contributed by atoms with Crippen molar-refractivity contribution in [2.24, 2.45) is 4.99 Å². The van der Waals surface area contributed by atoms with Gasteiger partial charge in [-0.05, 0) is 70.0 Å². The third-order valence-electron chi connectivity index (χ3n) is 4.04. The van der Waals surface area contributed by atoms with Gasteiger partial charge < -0.3 is 14.3 Å². The molecular weight excluding hydrogens is 408 g/mol. The topological polar surface area (TPSA) is 67.8 Å². The van der Waals surface area contributed by atoms with Gasteiger partial charge in [-0.2, -0.15) is 0 Å². The van der Waals surface area contributed by atoms with E-state index >= 15 is 0 Å². The van der Waals surface area contributed by atoms with Crippen LogP contribution in [0.2, 0.25) is 0 Å². The molecule has 1 heterocycles. The number of para-hydroxylation sites is 2. The Hall–Kier alpha value is -3.12. The highest BCUT2D eigenvalue weighted by Crippen LogP contribution is 2.34. The van der Waals surface area contributed by atoms with E-state index in [4.69, 9.17) is 9.15 Å². The number of phenols is 1. The van der Waals surface area contributed by atoms with Gasteiger partial charge in [-0.1, -0.05) is 12.1 Å². The first-order valence-electron chi connectivity index (χ1n) is 8.20. The van der Waals surface area contributed by atoms with Crippen LogP contribution in [-0.2, 0) is 0 Å². The molecule has 0 fully saturated rings. The first-order valence-corrected chi connectivity index (χ1v) is 9.00. The Labute approximate surface area is 164 Å². The zero-order chi connectivity index (χ0) is 18.8. The number of halogens is 1. The van der Waals surface area contributed by atoms with Crippen LogP contribution < -0.4 is 4.74 Å². The average Bonchev–Trinajstić information content (AvgIpc) is 3.11. The molecule has 5 nitrogen and oxygen atoms in total. The second-order valence-corrected chi connectivity index (χ2v) is 6.69. The molecule has 0 amide bonds. The van der Waals surface area contributed by atoms with E-state index in [0.29, 0.717) is 22.7 Å². The maximum absolute atomic E-state index is 10.2. The van der Waals surface area contributed by atoms with Crippen molar-refractivity contribution in [2.75, 3.05) is 7.11 Å². The van der Waals surface area contributed by atoms with Crippen LogP contribution in [0.25, 0.3) is 22.6 Å². The third kappa shape index (κ3) is 3.57. The smallest absolute Gasteiger partial charge is 0.231 e. The molecule has 0 saturated heterocycles. The largest absolute Gasteiger partial charge is 0.507 e. The van der Waals surface area contributed by atoms with Crippen LogP contribution in [0.4, 0.5) is 5.69 Å². The number of rotatable bonds is 4. The molecule has 27 heavy (non-hydrogen) atoms.